The molecule has 1 rings (SSSR count). The molecule has 4 atom stereocenters. The first-order valence-corrected chi connectivity index (χ1v) is 5.62. The van der Waals surface area contributed by atoms with Gasteiger partial charge in [0.2, 0.25) is 0 Å². The van der Waals surface area contributed by atoms with Gasteiger partial charge < -0.3 is 24.1 Å². The van der Waals surface area contributed by atoms with Crippen molar-refractivity contribution in [1.29, 1.82) is 0 Å². The van der Waals surface area contributed by atoms with E-state index in [0.29, 0.717) is 0 Å². The standard InChI is InChI=1S/C11H16O8/c1-5(12)17-8-4-16-11(15)10(19-7(3)14)9(8)18-6(2)13/h8-11,15H,4H2,1-3H3/t8-,9-,10-,11+/m1/s1. The topological polar surface area (TPSA) is 108 Å². The fraction of sp³-hybridized carbons (Fsp3) is 0.727. The molecular formula is C11H16O8. The molecule has 1 N–H and O–H groups in total. The van der Waals surface area contributed by atoms with Crippen LogP contribution in [0.4, 0.5) is 0 Å². The molecule has 108 valence electrons. The van der Waals surface area contributed by atoms with Crippen LogP contribution < -0.4 is 0 Å². The first kappa shape index (κ1) is 15.4. The number of esters is 3. The van der Waals surface area contributed by atoms with Gasteiger partial charge in [-0.1, -0.05) is 0 Å². The average molecular weight is 276 g/mol. The molecule has 0 aromatic heterocycles. The number of carbonyl (C=O) groups is 3. The molecule has 0 amide bonds. The molecule has 8 heteroatoms. The van der Waals surface area contributed by atoms with Crippen molar-refractivity contribution in [3.8, 4) is 0 Å². The van der Waals surface area contributed by atoms with Gasteiger partial charge in [0.25, 0.3) is 0 Å². The molecule has 1 saturated heterocycles. The second kappa shape index (κ2) is 6.48. The van der Waals surface area contributed by atoms with Crippen molar-refractivity contribution in [3.05, 3.63) is 0 Å². The summed E-state index contributed by atoms with van der Waals surface area (Å²) in [6.07, 6.45) is -4.78. The molecule has 1 heterocycles. The Labute approximate surface area is 109 Å². The lowest BCUT2D eigenvalue weighted by Crippen LogP contribution is -2.57. The minimum Gasteiger partial charge on any atom is -0.456 e. The number of carbonyl (C=O) groups excluding carboxylic acids is 3. The first-order chi connectivity index (χ1) is 8.81. The van der Waals surface area contributed by atoms with Gasteiger partial charge in [0.15, 0.2) is 24.6 Å². The smallest absolute Gasteiger partial charge is 0.303 e. The summed E-state index contributed by atoms with van der Waals surface area (Å²) in [7, 11) is 0. The molecule has 0 saturated carbocycles. The van der Waals surface area contributed by atoms with E-state index in [4.69, 9.17) is 18.9 Å². The predicted octanol–water partition coefficient (Wildman–Crippen LogP) is -0.870. The monoisotopic (exact) mass is 276 g/mol. The van der Waals surface area contributed by atoms with E-state index >= 15 is 0 Å². The van der Waals surface area contributed by atoms with E-state index < -0.39 is 42.5 Å². The summed E-state index contributed by atoms with van der Waals surface area (Å²) in [5.74, 6) is -1.95. The molecule has 0 aromatic carbocycles. The second-order valence-electron chi connectivity index (χ2n) is 4.02. The van der Waals surface area contributed by atoms with Crippen LogP contribution in [0.1, 0.15) is 20.8 Å². The fourth-order valence-electron chi connectivity index (χ4n) is 1.72. The van der Waals surface area contributed by atoms with Crippen LogP contribution in [-0.4, -0.2) is 54.2 Å². The van der Waals surface area contributed by atoms with Crippen molar-refractivity contribution in [2.75, 3.05) is 6.61 Å². The maximum Gasteiger partial charge on any atom is 0.303 e. The number of hydrogen-bond donors (Lipinski definition) is 1. The van der Waals surface area contributed by atoms with Crippen LogP contribution in [-0.2, 0) is 33.3 Å². The lowest BCUT2D eigenvalue weighted by Gasteiger charge is -2.38. The Morgan fingerprint density at radius 2 is 1.42 bits per heavy atom. The molecule has 0 radical (unpaired) electrons. The Kier molecular flexibility index (Phi) is 5.25. The van der Waals surface area contributed by atoms with Gasteiger partial charge in [0.1, 0.15) is 0 Å². The van der Waals surface area contributed by atoms with Crippen LogP contribution in [0, 0.1) is 0 Å². The summed E-state index contributed by atoms with van der Waals surface area (Å²) in [6, 6.07) is 0. The summed E-state index contributed by atoms with van der Waals surface area (Å²) >= 11 is 0. The van der Waals surface area contributed by atoms with E-state index in [0.717, 1.165) is 13.8 Å². The zero-order chi connectivity index (χ0) is 14.6. The Hall–Kier alpha value is -1.67. The molecule has 0 bridgehead atoms. The molecule has 19 heavy (non-hydrogen) atoms. The van der Waals surface area contributed by atoms with Gasteiger partial charge in [0.05, 0.1) is 6.61 Å². The lowest BCUT2D eigenvalue weighted by molar-refractivity contribution is -0.267. The normalized spacial score (nSPS) is 30.3. The largest absolute Gasteiger partial charge is 0.456 e. The van der Waals surface area contributed by atoms with E-state index in [1.165, 1.54) is 6.92 Å². The molecule has 0 aromatic rings. The Balaban J connectivity index is 2.89. The summed E-state index contributed by atoms with van der Waals surface area (Å²) in [4.78, 5) is 33.0. The van der Waals surface area contributed by atoms with Gasteiger partial charge in [-0.15, -0.1) is 0 Å². The van der Waals surface area contributed by atoms with Crippen LogP contribution >= 0.6 is 0 Å². The second-order valence-corrected chi connectivity index (χ2v) is 4.02. The van der Waals surface area contributed by atoms with E-state index in [2.05, 4.69) is 0 Å². The van der Waals surface area contributed by atoms with Gasteiger partial charge in [0, 0.05) is 20.8 Å². The van der Waals surface area contributed by atoms with Crippen molar-refractivity contribution < 1.29 is 38.4 Å². The maximum absolute atomic E-state index is 11.1. The van der Waals surface area contributed by atoms with Crippen molar-refractivity contribution >= 4 is 17.9 Å². The Morgan fingerprint density at radius 3 is 1.89 bits per heavy atom. The molecule has 1 aliphatic rings. The third-order valence-electron chi connectivity index (χ3n) is 2.32. The number of rotatable bonds is 3. The van der Waals surface area contributed by atoms with Crippen LogP contribution in [0.15, 0.2) is 0 Å². The average Bonchev–Trinajstić information content (AvgIpc) is 2.25. The zero-order valence-corrected chi connectivity index (χ0v) is 10.8. The third-order valence-corrected chi connectivity index (χ3v) is 2.32. The zero-order valence-electron chi connectivity index (χ0n) is 10.8. The molecule has 0 spiro atoms. The third kappa shape index (κ3) is 4.49. The van der Waals surface area contributed by atoms with Crippen molar-refractivity contribution in [3.63, 3.8) is 0 Å². The van der Waals surface area contributed by atoms with E-state index in [9.17, 15) is 19.5 Å². The molecule has 0 aliphatic carbocycles. The lowest BCUT2D eigenvalue weighted by atomic mass is 10.0. The van der Waals surface area contributed by atoms with Crippen molar-refractivity contribution in [2.24, 2.45) is 0 Å². The number of aliphatic hydroxyl groups excluding tert-OH is 1. The SMILES string of the molecule is CC(=O)O[C@@H]1[C@H](OC(C)=O)[C@H](OC(C)=O)CO[C@@H]1O. The highest BCUT2D eigenvalue weighted by Gasteiger charge is 2.46. The molecular weight excluding hydrogens is 260 g/mol. The molecule has 0 unspecified atom stereocenters. The fourth-order valence-corrected chi connectivity index (χ4v) is 1.72. The minimum atomic E-state index is -1.46. The quantitative estimate of drug-likeness (QED) is 0.523. The number of ether oxygens (including phenoxy) is 4. The van der Waals surface area contributed by atoms with Crippen LogP contribution in [0.25, 0.3) is 0 Å². The van der Waals surface area contributed by atoms with Crippen LogP contribution in [0.2, 0.25) is 0 Å². The van der Waals surface area contributed by atoms with Crippen molar-refractivity contribution in [1.82, 2.24) is 0 Å². The van der Waals surface area contributed by atoms with Gasteiger partial charge >= 0.3 is 17.9 Å². The van der Waals surface area contributed by atoms with Gasteiger partial charge in [-0.2, -0.15) is 0 Å². The van der Waals surface area contributed by atoms with Crippen LogP contribution in [0.3, 0.4) is 0 Å². The Morgan fingerprint density at radius 1 is 0.947 bits per heavy atom. The van der Waals surface area contributed by atoms with Crippen molar-refractivity contribution in [2.45, 2.75) is 45.4 Å². The summed E-state index contributed by atoms with van der Waals surface area (Å²) < 4.78 is 19.6. The summed E-state index contributed by atoms with van der Waals surface area (Å²) in [5.41, 5.74) is 0. The highest BCUT2D eigenvalue weighted by molar-refractivity contribution is 5.68. The van der Waals surface area contributed by atoms with E-state index in [-0.39, 0.29) is 6.61 Å². The highest BCUT2D eigenvalue weighted by atomic mass is 16.7. The predicted molar refractivity (Wildman–Crippen MR) is 58.6 cm³/mol. The molecule has 1 fully saturated rings. The Bertz CT molecular complexity index is 366. The molecule has 8 nitrogen and oxygen atoms in total. The number of hydrogen-bond acceptors (Lipinski definition) is 8. The van der Waals surface area contributed by atoms with Gasteiger partial charge in [-0.05, 0) is 0 Å². The van der Waals surface area contributed by atoms with Gasteiger partial charge in [-0.3, -0.25) is 14.4 Å². The minimum absolute atomic E-state index is 0.170. The molecule has 1 aliphatic heterocycles. The van der Waals surface area contributed by atoms with E-state index in [1.54, 1.807) is 0 Å². The summed E-state index contributed by atoms with van der Waals surface area (Å²) in [5, 5.41) is 9.62. The van der Waals surface area contributed by atoms with Gasteiger partial charge in [-0.25, -0.2) is 0 Å². The number of aliphatic hydroxyl groups is 1. The maximum atomic E-state index is 11.1. The van der Waals surface area contributed by atoms with Crippen LogP contribution in [0.5, 0.6) is 0 Å². The summed E-state index contributed by atoms with van der Waals surface area (Å²) in [6.45, 7) is 3.29. The van der Waals surface area contributed by atoms with E-state index in [1.807, 2.05) is 0 Å². The highest BCUT2D eigenvalue weighted by Crippen LogP contribution is 2.23. The first-order valence-electron chi connectivity index (χ1n) is 5.62.